The van der Waals surface area contributed by atoms with E-state index in [0.29, 0.717) is 12.5 Å². The van der Waals surface area contributed by atoms with Crippen LogP contribution in [0.4, 0.5) is 4.79 Å². The van der Waals surface area contributed by atoms with Gasteiger partial charge in [-0.3, -0.25) is 0 Å². The molecule has 1 N–H and O–H groups in total. The lowest BCUT2D eigenvalue weighted by atomic mass is 9.96. The standard InChI is InChI=1S/C13H17NO2/c1-9(2)10-4-3-5-11(8-10)12-6-7-16-13(15)14-12/h3-5,8-9,12H,6-7H2,1-2H3,(H,14,15)/t12-/m0/s1. The van der Waals surface area contributed by atoms with Crippen LogP contribution in [0.15, 0.2) is 24.3 Å². The molecule has 0 unspecified atom stereocenters. The van der Waals surface area contributed by atoms with Crippen molar-refractivity contribution in [2.24, 2.45) is 0 Å². The zero-order valence-electron chi connectivity index (χ0n) is 9.69. The number of hydrogen-bond donors (Lipinski definition) is 1. The molecule has 1 heterocycles. The van der Waals surface area contributed by atoms with E-state index in [1.165, 1.54) is 11.1 Å². The number of carbonyl (C=O) groups excluding carboxylic acids is 1. The highest BCUT2D eigenvalue weighted by Crippen LogP contribution is 2.23. The van der Waals surface area contributed by atoms with Crippen LogP contribution in [0.3, 0.4) is 0 Å². The maximum atomic E-state index is 11.1. The van der Waals surface area contributed by atoms with Crippen molar-refractivity contribution in [3.8, 4) is 0 Å². The fraction of sp³-hybridized carbons (Fsp3) is 0.462. The molecule has 0 aromatic heterocycles. The predicted molar refractivity (Wildman–Crippen MR) is 62.4 cm³/mol. The Bertz CT molecular complexity index is 387. The number of carbonyl (C=O) groups is 1. The summed E-state index contributed by atoms with van der Waals surface area (Å²) in [5.74, 6) is 0.510. The molecular formula is C13H17NO2. The predicted octanol–water partition coefficient (Wildman–Crippen LogP) is 2.98. The smallest absolute Gasteiger partial charge is 0.407 e. The number of amides is 1. The third-order valence-corrected chi connectivity index (χ3v) is 2.91. The van der Waals surface area contributed by atoms with Crippen LogP contribution >= 0.6 is 0 Å². The van der Waals surface area contributed by atoms with Crippen LogP contribution in [0.25, 0.3) is 0 Å². The zero-order chi connectivity index (χ0) is 11.5. The number of hydrogen-bond acceptors (Lipinski definition) is 2. The van der Waals surface area contributed by atoms with E-state index in [1.54, 1.807) is 0 Å². The number of nitrogens with one attached hydrogen (secondary N) is 1. The first-order chi connectivity index (χ1) is 7.66. The van der Waals surface area contributed by atoms with Gasteiger partial charge in [0.1, 0.15) is 0 Å². The summed E-state index contributed by atoms with van der Waals surface area (Å²) >= 11 is 0. The molecule has 1 aliphatic rings. The molecule has 0 aliphatic carbocycles. The summed E-state index contributed by atoms with van der Waals surface area (Å²) in [6.45, 7) is 4.84. The second kappa shape index (κ2) is 4.56. The third-order valence-electron chi connectivity index (χ3n) is 2.91. The van der Waals surface area contributed by atoms with Crippen LogP contribution in [0.1, 0.15) is 43.4 Å². The van der Waals surface area contributed by atoms with Gasteiger partial charge in [-0.1, -0.05) is 38.1 Å². The SMILES string of the molecule is CC(C)c1cccc([C@@H]2CCOC(=O)N2)c1. The van der Waals surface area contributed by atoms with E-state index in [-0.39, 0.29) is 12.1 Å². The Morgan fingerprint density at radius 2 is 2.25 bits per heavy atom. The zero-order valence-corrected chi connectivity index (χ0v) is 9.69. The van der Waals surface area contributed by atoms with Gasteiger partial charge in [-0.05, 0) is 17.0 Å². The first-order valence-electron chi connectivity index (χ1n) is 5.70. The molecule has 0 spiro atoms. The van der Waals surface area contributed by atoms with Crippen molar-refractivity contribution in [3.05, 3.63) is 35.4 Å². The van der Waals surface area contributed by atoms with Gasteiger partial charge in [0, 0.05) is 6.42 Å². The van der Waals surface area contributed by atoms with Gasteiger partial charge in [-0.2, -0.15) is 0 Å². The highest BCUT2D eigenvalue weighted by molar-refractivity contribution is 5.68. The molecule has 3 heteroatoms. The van der Waals surface area contributed by atoms with Gasteiger partial charge in [-0.25, -0.2) is 4.79 Å². The normalized spacial score (nSPS) is 20.4. The summed E-state index contributed by atoms with van der Waals surface area (Å²) in [7, 11) is 0. The molecule has 1 amide bonds. The van der Waals surface area contributed by atoms with Gasteiger partial charge in [-0.15, -0.1) is 0 Å². The molecule has 0 radical (unpaired) electrons. The van der Waals surface area contributed by atoms with Crippen LogP contribution in [-0.4, -0.2) is 12.7 Å². The maximum Gasteiger partial charge on any atom is 0.407 e. The van der Waals surface area contributed by atoms with E-state index >= 15 is 0 Å². The van der Waals surface area contributed by atoms with E-state index in [4.69, 9.17) is 4.74 Å². The molecule has 1 aromatic carbocycles. The quantitative estimate of drug-likeness (QED) is 0.830. The van der Waals surface area contributed by atoms with Crippen LogP contribution < -0.4 is 5.32 Å². The first-order valence-corrected chi connectivity index (χ1v) is 5.70. The van der Waals surface area contributed by atoms with Crippen molar-refractivity contribution >= 4 is 6.09 Å². The van der Waals surface area contributed by atoms with E-state index in [9.17, 15) is 4.79 Å². The van der Waals surface area contributed by atoms with Crippen LogP contribution in [0.2, 0.25) is 0 Å². The molecule has 1 aromatic rings. The van der Waals surface area contributed by atoms with Crippen LogP contribution in [0.5, 0.6) is 0 Å². The minimum absolute atomic E-state index is 0.0972. The van der Waals surface area contributed by atoms with Gasteiger partial charge in [0.25, 0.3) is 0 Å². The fourth-order valence-corrected chi connectivity index (χ4v) is 1.91. The summed E-state index contributed by atoms with van der Waals surface area (Å²) in [5.41, 5.74) is 2.47. The minimum Gasteiger partial charge on any atom is -0.449 e. The summed E-state index contributed by atoms with van der Waals surface area (Å²) in [6.07, 6.45) is 0.527. The topological polar surface area (TPSA) is 38.3 Å². The van der Waals surface area contributed by atoms with Crippen molar-refractivity contribution in [1.29, 1.82) is 0 Å². The molecule has 1 fully saturated rings. The second-order valence-corrected chi connectivity index (χ2v) is 4.45. The lowest BCUT2D eigenvalue weighted by Crippen LogP contribution is -2.35. The number of cyclic esters (lactones) is 1. The summed E-state index contributed by atoms with van der Waals surface area (Å²) in [6, 6.07) is 8.49. The molecule has 1 aliphatic heterocycles. The fourth-order valence-electron chi connectivity index (χ4n) is 1.91. The van der Waals surface area contributed by atoms with Gasteiger partial charge < -0.3 is 10.1 Å². The highest BCUT2D eigenvalue weighted by atomic mass is 16.5. The lowest BCUT2D eigenvalue weighted by Gasteiger charge is -2.24. The van der Waals surface area contributed by atoms with Crippen molar-refractivity contribution in [1.82, 2.24) is 5.32 Å². The molecule has 0 bridgehead atoms. The summed E-state index contributed by atoms with van der Waals surface area (Å²) < 4.78 is 4.86. The summed E-state index contributed by atoms with van der Waals surface area (Å²) in [5, 5.41) is 2.84. The second-order valence-electron chi connectivity index (χ2n) is 4.45. The number of rotatable bonds is 2. The lowest BCUT2D eigenvalue weighted by molar-refractivity contribution is 0.115. The Morgan fingerprint density at radius 1 is 1.44 bits per heavy atom. The van der Waals surface area contributed by atoms with Gasteiger partial charge in [0.2, 0.25) is 0 Å². The van der Waals surface area contributed by atoms with E-state index in [2.05, 4.69) is 37.4 Å². The molecule has 1 atom stereocenters. The molecule has 2 rings (SSSR count). The van der Waals surface area contributed by atoms with Crippen molar-refractivity contribution in [2.75, 3.05) is 6.61 Å². The van der Waals surface area contributed by atoms with Crippen LogP contribution in [-0.2, 0) is 4.74 Å². The number of alkyl carbamates (subject to hydrolysis) is 1. The molecule has 0 saturated carbocycles. The Morgan fingerprint density at radius 3 is 2.94 bits per heavy atom. The van der Waals surface area contributed by atoms with Gasteiger partial charge in [0.05, 0.1) is 12.6 Å². The van der Waals surface area contributed by atoms with Crippen molar-refractivity contribution in [3.63, 3.8) is 0 Å². The maximum absolute atomic E-state index is 11.1. The van der Waals surface area contributed by atoms with Gasteiger partial charge >= 0.3 is 6.09 Å². The molecule has 1 saturated heterocycles. The minimum atomic E-state index is -0.314. The Hall–Kier alpha value is -1.51. The third kappa shape index (κ3) is 2.35. The molecule has 3 nitrogen and oxygen atoms in total. The summed E-state index contributed by atoms with van der Waals surface area (Å²) in [4.78, 5) is 11.1. The Balaban J connectivity index is 2.19. The Labute approximate surface area is 95.8 Å². The molecular weight excluding hydrogens is 202 g/mol. The van der Waals surface area contributed by atoms with E-state index in [1.807, 2.05) is 6.07 Å². The average molecular weight is 219 g/mol. The largest absolute Gasteiger partial charge is 0.449 e. The first kappa shape index (κ1) is 11.0. The average Bonchev–Trinajstić information content (AvgIpc) is 2.29. The highest BCUT2D eigenvalue weighted by Gasteiger charge is 2.20. The van der Waals surface area contributed by atoms with E-state index in [0.717, 1.165) is 6.42 Å². The monoisotopic (exact) mass is 219 g/mol. The van der Waals surface area contributed by atoms with Gasteiger partial charge in [0.15, 0.2) is 0 Å². The van der Waals surface area contributed by atoms with E-state index < -0.39 is 0 Å². The molecule has 16 heavy (non-hydrogen) atoms. The number of ether oxygens (including phenoxy) is 1. The Kier molecular flexibility index (Phi) is 3.13. The molecule has 86 valence electrons. The van der Waals surface area contributed by atoms with Crippen molar-refractivity contribution in [2.45, 2.75) is 32.2 Å². The number of benzene rings is 1. The van der Waals surface area contributed by atoms with Crippen molar-refractivity contribution < 1.29 is 9.53 Å². The van der Waals surface area contributed by atoms with Crippen LogP contribution in [0, 0.1) is 0 Å².